The van der Waals surface area contributed by atoms with Gasteiger partial charge >= 0.3 is 5.97 Å². The molecule has 0 aliphatic heterocycles. The summed E-state index contributed by atoms with van der Waals surface area (Å²) >= 11 is 0. The van der Waals surface area contributed by atoms with Crippen LogP contribution in [0.3, 0.4) is 0 Å². The van der Waals surface area contributed by atoms with Crippen molar-refractivity contribution in [3.63, 3.8) is 0 Å². The Bertz CT molecular complexity index is 1110. The summed E-state index contributed by atoms with van der Waals surface area (Å²) in [5, 5.41) is 3.89. The van der Waals surface area contributed by atoms with Crippen LogP contribution >= 0.6 is 0 Å². The Morgan fingerprint density at radius 3 is 2.78 bits per heavy atom. The average Bonchev–Trinajstić information content (AvgIpc) is 3.21. The van der Waals surface area contributed by atoms with Crippen LogP contribution in [-0.2, 0) is 11.3 Å². The number of para-hydroxylation sites is 2. The normalized spacial score (nSPS) is 10.7. The predicted octanol–water partition coefficient (Wildman–Crippen LogP) is 3.05. The molecule has 0 spiro atoms. The number of carbonyl (C=O) groups excluding carboxylic acids is 1. The molecular formula is C19H14N4O4. The zero-order valence-corrected chi connectivity index (χ0v) is 14.3. The standard InChI is InChI=1S/C19H14N4O4/c1-25-13-6-4-5-12(9-13)18-22-17(27-23-18)11-26-19(24)16-10-20-14-7-2-3-8-15(14)21-16/h2-10H,11H2,1H3. The average molecular weight is 362 g/mol. The second kappa shape index (κ2) is 7.20. The number of esters is 1. The maximum atomic E-state index is 12.2. The van der Waals surface area contributed by atoms with Gasteiger partial charge in [-0.1, -0.05) is 29.4 Å². The summed E-state index contributed by atoms with van der Waals surface area (Å²) in [7, 11) is 1.58. The fourth-order valence-corrected chi connectivity index (χ4v) is 2.45. The van der Waals surface area contributed by atoms with Gasteiger partial charge in [0, 0.05) is 5.56 Å². The zero-order chi connectivity index (χ0) is 18.6. The van der Waals surface area contributed by atoms with Gasteiger partial charge in [0.15, 0.2) is 12.3 Å². The zero-order valence-electron chi connectivity index (χ0n) is 14.3. The fraction of sp³-hybridized carbons (Fsp3) is 0.105. The van der Waals surface area contributed by atoms with Crippen LogP contribution in [0.1, 0.15) is 16.4 Å². The third kappa shape index (κ3) is 3.59. The van der Waals surface area contributed by atoms with Crippen molar-refractivity contribution < 1.29 is 18.8 Å². The Morgan fingerprint density at radius 2 is 1.93 bits per heavy atom. The van der Waals surface area contributed by atoms with E-state index in [2.05, 4.69) is 20.1 Å². The summed E-state index contributed by atoms with van der Waals surface area (Å²) in [6.07, 6.45) is 1.38. The highest BCUT2D eigenvalue weighted by atomic mass is 16.6. The molecule has 0 aliphatic rings. The highest BCUT2D eigenvalue weighted by molar-refractivity contribution is 5.89. The molecule has 8 nitrogen and oxygen atoms in total. The van der Waals surface area contributed by atoms with Crippen LogP contribution in [0.4, 0.5) is 0 Å². The van der Waals surface area contributed by atoms with Crippen LogP contribution in [0.25, 0.3) is 22.4 Å². The molecule has 0 atom stereocenters. The molecule has 2 aromatic carbocycles. The van der Waals surface area contributed by atoms with E-state index in [1.54, 1.807) is 19.2 Å². The van der Waals surface area contributed by atoms with Crippen LogP contribution in [-0.4, -0.2) is 33.2 Å². The first-order valence-corrected chi connectivity index (χ1v) is 8.09. The molecule has 0 bridgehead atoms. The lowest BCUT2D eigenvalue weighted by Crippen LogP contribution is -2.08. The molecule has 8 heteroatoms. The van der Waals surface area contributed by atoms with E-state index in [-0.39, 0.29) is 18.2 Å². The number of nitrogens with zero attached hydrogens (tertiary/aromatic N) is 4. The number of aromatic nitrogens is 4. The van der Waals surface area contributed by atoms with Crippen LogP contribution in [0, 0.1) is 0 Å². The monoisotopic (exact) mass is 362 g/mol. The number of fused-ring (bicyclic) bond motifs is 1. The minimum Gasteiger partial charge on any atom is -0.497 e. The molecule has 2 aromatic heterocycles. The van der Waals surface area contributed by atoms with Crippen molar-refractivity contribution in [2.24, 2.45) is 0 Å². The number of hydrogen-bond acceptors (Lipinski definition) is 8. The van der Waals surface area contributed by atoms with Crippen molar-refractivity contribution in [3.05, 3.63) is 66.3 Å². The van der Waals surface area contributed by atoms with Gasteiger partial charge in [0.1, 0.15) is 5.75 Å². The summed E-state index contributed by atoms with van der Waals surface area (Å²) in [4.78, 5) is 24.8. The molecule has 27 heavy (non-hydrogen) atoms. The van der Waals surface area contributed by atoms with E-state index in [4.69, 9.17) is 14.0 Å². The SMILES string of the molecule is COc1cccc(-c2noc(COC(=O)c3cnc4ccccc4n3)n2)c1. The maximum Gasteiger partial charge on any atom is 0.359 e. The molecule has 134 valence electrons. The first kappa shape index (κ1) is 16.6. The van der Waals surface area contributed by atoms with E-state index < -0.39 is 5.97 Å². The number of rotatable bonds is 5. The van der Waals surface area contributed by atoms with Crippen LogP contribution in [0.15, 0.2) is 59.3 Å². The minimum atomic E-state index is -0.616. The van der Waals surface area contributed by atoms with E-state index >= 15 is 0 Å². The number of carbonyl (C=O) groups is 1. The third-order valence-electron chi connectivity index (χ3n) is 3.78. The first-order chi connectivity index (χ1) is 13.2. The molecule has 2 heterocycles. The van der Waals surface area contributed by atoms with Crippen molar-refractivity contribution >= 4 is 17.0 Å². The second-order valence-corrected chi connectivity index (χ2v) is 5.56. The number of benzene rings is 2. The Morgan fingerprint density at radius 1 is 1.07 bits per heavy atom. The van der Waals surface area contributed by atoms with Gasteiger partial charge in [0.2, 0.25) is 5.82 Å². The summed E-state index contributed by atoms with van der Waals surface area (Å²) in [5.74, 6) is 0.620. The van der Waals surface area contributed by atoms with Crippen LogP contribution < -0.4 is 4.74 Å². The topological polar surface area (TPSA) is 100 Å². The van der Waals surface area contributed by atoms with Crippen LogP contribution in [0.2, 0.25) is 0 Å². The maximum absolute atomic E-state index is 12.2. The molecule has 4 rings (SSSR count). The first-order valence-electron chi connectivity index (χ1n) is 8.09. The van der Waals surface area contributed by atoms with Crippen LogP contribution in [0.5, 0.6) is 5.75 Å². The number of hydrogen-bond donors (Lipinski definition) is 0. The van der Waals surface area contributed by atoms with Gasteiger partial charge in [-0.15, -0.1) is 0 Å². The highest BCUT2D eigenvalue weighted by Gasteiger charge is 2.14. The molecular weight excluding hydrogens is 348 g/mol. The van der Waals surface area contributed by atoms with Crippen molar-refractivity contribution in [1.29, 1.82) is 0 Å². The van der Waals surface area contributed by atoms with Crippen molar-refractivity contribution in [3.8, 4) is 17.1 Å². The predicted molar refractivity (Wildman–Crippen MR) is 94.9 cm³/mol. The lowest BCUT2D eigenvalue weighted by Gasteiger charge is -2.02. The molecule has 0 saturated heterocycles. The molecule has 0 fully saturated rings. The molecule has 0 N–H and O–H groups in total. The van der Waals surface area contributed by atoms with Gasteiger partial charge in [0.05, 0.1) is 24.3 Å². The summed E-state index contributed by atoms with van der Waals surface area (Å²) in [6, 6.07) is 14.5. The number of ether oxygens (including phenoxy) is 2. The van der Waals surface area contributed by atoms with E-state index in [0.717, 1.165) is 5.56 Å². The Balaban J connectivity index is 1.45. The molecule has 4 aromatic rings. The van der Waals surface area contributed by atoms with Crippen molar-refractivity contribution in [2.75, 3.05) is 7.11 Å². The highest BCUT2D eigenvalue weighted by Crippen LogP contribution is 2.21. The largest absolute Gasteiger partial charge is 0.497 e. The van der Waals surface area contributed by atoms with Gasteiger partial charge in [-0.2, -0.15) is 4.98 Å². The smallest absolute Gasteiger partial charge is 0.359 e. The van der Waals surface area contributed by atoms with Crippen molar-refractivity contribution in [2.45, 2.75) is 6.61 Å². The lowest BCUT2D eigenvalue weighted by molar-refractivity contribution is 0.0423. The van der Waals surface area contributed by atoms with Gasteiger partial charge in [-0.25, -0.2) is 9.78 Å². The van der Waals surface area contributed by atoms with E-state index in [9.17, 15) is 4.79 Å². The van der Waals surface area contributed by atoms with Crippen molar-refractivity contribution in [1.82, 2.24) is 20.1 Å². The Labute approximate surface area is 153 Å². The van der Waals surface area contributed by atoms with E-state index in [0.29, 0.717) is 22.6 Å². The summed E-state index contributed by atoms with van der Waals surface area (Å²) in [6.45, 7) is -0.162. The van der Waals surface area contributed by atoms with Gasteiger partial charge < -0.3 is 14.0 Å². The molecule has 0 unspecified atom stereocenters. The van der Waals surface area contributed by atoms with E-state index in [1.807, 2.05) is 36.4 Å². The minimum absolute atomic E-state index is 0.112. The lowest BCUT2D eigenvalue weighted by atomic mass is 10.2. The fourth-order valence-electron chi connectivity index (χ4n) is 2.45. The molecule has 0 saturated carbocycles. The molecule has 0 aliphatic carbocycles. The Kier molecular flexibility index (Phi) is 4.44. The van der Waals surface area contributed by atoms with Gasteiger partial charge in [-0.05, 0) is 24.3 Å². The van der Waals surface area contributed by atoms with Gasteiger partial charge in [0.25, 0.3) is 5.89 Å². The van der Waals surface area contributed by atoms with Gasteiger partial charge in [-0.3, -0.25) is 4.98 Å². The summed E-state index contributed by atoms with van der Waals surface area (Å²) in [5.41, 5.74) is 2.16. The second-order valence-electron chi connectivity index (χ2n) is 5.56. The molecule has 0 amide bonds. The quantitative estimate of drug-likeness (QED) is 0.499. The Hall–Kier alpha value is -3.81. The third-order valence-corrected chi connectivity index (χ3v) is 3.78. The number of methoxy groups -OCH3 is 1. The molecule has 0 radical (unpaired) electrons. The van der Waals surface area contributed by atoms with E-state index in [1.165, 1.54) is 6.20 Å². The summed E-state index contributed by atoms with van der Waals surface area (Å²) < 4.78 is 15.5.